The highest BCUT2D eigenvalue weighted by atomic mass is 14.3. The van der Waals surface area contributed by atoms with Crippen LogP contribution in [0.15, 0.2) is 0 Å². The van der Waals surface area contributed by atoms with Crippen molar-refractivity contribution in [3.63, 3.8) is 0 Å². The average molecular weight is 601 g/mol. The van der Waals surface area contributed by atoms with Crippen molar-refractivity contribution >= 4 is 0 Å². The molecule has 0 N–H and O–H groups in total. The smallest absolute Gasteiger partial charge is 0.0340 e. The van der Waals surface area contributed by atoms with Crippen LogP contribution in [0.4, 0.5) is 0 Å². The van der Waals surface area contributed by atoms with E-state index in [9.17, 15) is 0 Å². The highest BCUT2D eigenvalue weighted by Crippen LogP contribution is 2.33. The molecule has 4 atom stereocenters. The molecule has 0 heterocycles. The molecule has 0 spiro atoms. The van der Waals surface area contributed by atoms with Crippen molar-refractivity contribution in [2.75, 3.05) is 0 Å². The third kappa shape index (κ3) is 38.0. The zero-order chi connectivity index (χ0) is 35.2. The Kier molecular flexibility index (Phi) is 48.2. The molecule has 0 rings (SSSR count). The van der Waals surface area contributed by atoms with Gasteiger partial charge in [-0.2, -0.15) is 0 Å². The zero-order valence-electron chi connectivity index (χ0n) is 35.2. The van der Waals surface area contributed by atoms with E-state index in [1.165, 1.54) is 38.5 Å². The summed E-state index contributed by atoms with van der Waals surface area (Å²) in [5, 5.41) is 0. The monoisotopic (exact) mass is 601 g/mol. The minimum absolute atomic E-state index is 0.842. The van der Waals surface area contributed by atoms with Gasteiger partial charge in [0.15, 0.2) is 0 Å². The normalized spacial score (nSPS) is 15.0. The second kappa shape index (κ2) is 37.2. The molecule has 0 saturated carbocycles. The molecular weight excluding hydrogens is 504 g/mol. The summed E-state index contributed by atoms with van der Waals surface area (Å²) in [7, 11) is 0. The van der Waals surface area contributed by atoms with E-state index in [1.54, 1.807) is 0 Å². The quantitative estimate of drug-likeness (QED) is 0.186. The fourth-order valence-corrected chi connectivity index (χ4v) is 6.72. The molecular formula is C42H96. The summed E-state index contributed by atoms with van der Waals surface area (Å²) in [5.74, 6) is 10.6. The van der Waals surface area contributed by atoms with E-state index in [0.29, 0.717) is 0 Å². The van der Waals surface area contributed by atoms with E-state index in [4.69, 9.17) is 0 Å². The SMILES string of the molecule is CC.CC.CC(C)CC(C)C.CC(C)CC(C)C.CCC(C)C(C(C)C)C(C)CC.CCC(C)C(C(C)C)C(C)CC. The van der Waals surface area contributed by atoms with Gasteiger partial charge in [0.25, 0.3) is 0 Å². The van der Waals surface area contributed by atoms with Crippen LogP contribution in [-0.4, -0.2) is 0 Å². The summed E-state index contributed by atoms with van der Waals surface area (Å²) in [6, 6.07) is 0. The summed E-state index contributed by atoms with van der Waals surface area (Å²) < 4.78 is 0. The molecule has 0 aromatic carbocycles. The summed E-state index contributed by atoms with van der Waals surface area (Å²) in [4.78, 5) is 0. The van der Waals surface area contributed by atoms with Crippen LogP contribution in [0.5, 0.6) is 0 Å². The Hall–Kier alpha value is 0. The van der Waals surface area contributed by atoms with Crippen LogP contribution < -0.4 is 0 Å². The third-order valence-corrected chi connectivity index (χ3v) is 8.63. The predicted octanol–water partition coefficient (Wildman–Crippen LogP) is 16.1. The first-order chi connectivity index (χ1) is 19.3. The van der Waals surface area contributed by atoms with Crippen molar-refractivity contribution < 1.29 is 0 Å². The van der Waals surface area contributed by atoms with Crippen LogP contribution >= 0.6 is 0 Å². The Morgan fingerprint density at radius 3 is 0.476 bits per heavy atom. The van der Waals surface area contributed by atoms with Crippen molar-refractivity contribution in [1.82, 2.24) is 0 Å². The summed E-state index contributed by atoms with van der Waals surface area (Å²) >= 11 is 0. The topological polar surface area (TPSA) is 0 Å². The molecule has 0 aliphatic rings. The van der Waals surface area contributed by atoms with Gasteiger partial charge in [-0.25, -0.2) is 0 Å². The molecule has 42 heavy (non-hydrogen) atoms. The number of hydrogen-bond donors (Lipinski definition) is 0. The molecule has 0 saturated heterocycles. The van der Waals surface area contributed by atoms with Crippen LogP contribution in [0.25, 0.3) is 0 Å². The molecule has 0 heteroatoms. The van der Waals surface area contributed by atoms with Crippen LogP contribution in [-0.2, 0) is 0 Å². The minimum Gasteiger partial charge on any atom is -0.0683 e. The lowest BCUT2D eigenvalue weighted by molar-refractivity contribution is 0.178. The second-order valence-corrected chi connectivity index (χ2v) is 15.2. The molecule has 0 aliphatic carbocycles. The fourth-order valence-electron chi connectivity index (χ4n) is 6.72. The van der Waals surface area contributed by atoms with Crippen molar-refractivity contribution in [1.29, 1.82) is 0 Å². The lowest BCUT2D eigenvalue weighted by Gasteiger charge is -2.32. The standard InChI is InChI=1S/2C12H26.2C7H16.2C2H6/c2*1-7-10(5)12(9(3)4)11(6)8-2;2*1-6(2)5-7(3)4;2*1-2/h2*9-12H,7-8H2,1-6H3;2*6-7H,5H2,1-4H3;2*1-2H3. The van der Waals surface area contributed by atoms with Crippen LogP contribution in [0.2, 0.25) is 0 Å². The van der Waals surface area contributed by atoms with E-state index in [2.05, 4.69) is 138 Å². The van der Waals surface area contributed by atoms with Gasteiger partial charge in [0.2, 0.25) is 0 Å². The summed E-state index contributed by atoms with van der Waals surface area (Å²) in [6.45, 7) is 54.4. The molecule has 0 nitrogen and oxygen atoms in total. The molecule has 0 aromatic rings. The van der Waals surface area contributed by atoms with E-state index in [0.717, 1.165) is 71.0 Å². The highest BCUT2D eigenvalue weighted by Gasteiger charge is 2.25. The van der Waals surface area contributed by atoms with Gasteiger partial charge in [-0.3, -0.25) is 0 Å². The van der Waals surface area contributed by atoms with E-state index in [-0.39, 0.29) is 0 Å². The van der Waals surface area contributed by atoms with E-state index < -0.39 is 0 Å². The largest absolute Gasteiger partial charge is 0.0683 e. The maximum atomic E-state index is 2.40. The van der Waals surface area contributed by atoms with Gasteiger partial charge >= 0.3 is 0 Å². The Bertz CT molecular complexity index is 367. The number of rotatable bonds is 14. The first-order valence-electron chi connectivity index (χ1n) is 19.3. The molecule has 0 aromatic heterocycles. The van der Waals surface area contributed by atoms with Gasteiger partial charge in [-0.1, -0.05) is 192 Å². The Morgan fingerprint density at radius 1 is 0.286 bits per heavy atom. The van der Waals surface area contributed by atoms with Gasteiger partial charge in [0.1, 0.15) is 0 Å². The average Bonchev–Trinajstić information content (AvgIpc) is 2.89. The second-order valence-electron chi connectivity index (χ2n) is 15.2. The van der Waals surface area contributed by atoms with Crippen molar-refractivity contribution in [3.05, 3.63) is 0 Å². The number of hydrogen-bond acceptors (Lipinski definition) is 0. The van der Waals surface area contributed by atoms with Crippen LogP contribution in [0, 0.1) is 71.0 Å². The molecule has 0 amide bonds. The molecule has 264 valence electrons. The van der Waals surface area contributed by atoms with Crippen molar-refractivity contribution in [2.24, 2.45) is 71.0 Å². The van der Waals surface area contributed by atoms with E-state index >= 15 is 0 Å². The molecule has 0 bridgehead atoms. The first kappa shape index (κ1) is 54.5. The fraction of sp³-hybridized carbons (Fsp3) is 1.00. The van der Waals surface area contributed by atoms with Gasteiger partial charge in [0.05, 0.1) is 0 Å². The Labute approximate surface area is 275 Å². The van der Waals surface area contributed by atoms with Gasteiger partial charge in [0, 0.05) is 0 Å². The Morgan fingerprint density at radius 2 is 0.429 bits per heavy atom. The van der Waals surface area contributed by atoms with Crippen molar-refractivity contribution in [2.45, 2.75) is 205 Å². The maximum Gasteiger partial charge on any atom is -0.0340 e. The summed E-state index contributed by atoms with van der Waals surface area (Å²) in [6.07, 6.45) is 8.03. The Balaban J connectivity index is -0.000000101. The molecule has 0 radical (unpaired) electrons. The van der Waals surface area contributed by atoms with Gasteiger partial charge < -0.3 is 0 Å². The maximum absolute atomic E-state index is 2.40. The van der Waals surface area contributed by atoms with Gasteiger partial charge in [-0.05, 0) is 83.9 Å². The molecule has 4 unspecified atom stereocenters. The lowest BCUT2D eigenvalue weighted by Crippen LogP contribution is -2.24. The van der Waals surface area contributed by atoms with Gasteiger partial charge in [-0.15, -0.1) is 0 Å². The van der Waals surface area contributed by atoms with Crippen LogP contribution in [0.3, 0.4) is 0 Å². The van der Waals surface area contributed by atoms with Crippen molar-refractivity contribution in [3.8, 4) is 0 Å². The first-order valence-corrected chi connectivity index (χ1v) is 19.3. The van der Waals surface area contributed by atoms with Crippen LogP contribution in [0.1, 0.15) is 205 Å². The minimum atomic E-state index is 0.842. The molecule has 0 fully saturated rings. The molecule has 0 aliphatic heterocycles. The van der Waals surface area contributed by atoms with E-state index in [1.807, 2.05) is 27.7 Å². The highest BCUT2D eigenvalue weighted by molar-refractivity contribution is 4.74. The lowest BCUT2D eigenvalue weighted by atomic mass is 9.74. The predicted molar refractivity (Wildman–Crippen MR) is 206 cm³/mol. The zero-order valence-corrected chi connectivity index (χ0v) is 35.2. The summed E-state index contributed by atoms with van der Waals surface area (Å²) in [5.41, 5.74) is 0. The third-order valence-electron chi connectivity index (χ3n) is 8.63.